The first-order valence-corrected chi connectivity index (χ1v) is 9.65. The fourth-order valence-electron chi connectivity index (χ4n) is 2.88. The number of unbranched alkanes of at least 4 members (excludes halogenated alkanes) is 1. The summed E-state index contributed by atoms with van der Waals surface area (Å²) in [5, 5.41) is 35.2. The molecule has 0 radical (unpaired) electrons. The lowest BCUT2D eigenvalue weighted by Crippen LogP contribution is -2.30. The van der Waals surface area contributed by atoms with Crippen LogP contribution in [0.15, 0.2) is 42.5 Å². The summed E-state index contributed by atoms with van der Waals surface area (Å²) in [5.74, 6) is -0.427. The lowest BCUT2D eigenvalue weighted by Gasteiger charge is -2.17. The highest BCUT2D eigenvalue weighted by Gasteiger charge is 2.12. The van der Waals surface area contributed by atoms with Gasteiger partial charge in [-0.1, -0.05) is 30.2 Å². The predicted octanol–water partition coefficient (Wildman–Crippen LogP) is 3.62. The van der Waals surface area contributed by atoms with Gasteiger partial charge in [-0.25, -0.2) is 0 Å². The van der Waals surface area contributed by atoms with Gasteiger partial charge in [0, 0.05) is 24.7 Å². The minimum Gasteiger partial charge on any atom is -0.504 e. The number of aryl methyl sites for hydroxylation is 1. The second kappa shape index (κ2) is 10.7. The van der Waals surface area contributed by atoms with Gasteiger partial charge < -0.3 is 26.0 Å². The molecule has 0 aliphatic carbocycles. The minimum absolute atomic E-state index is 0.0204. The number of aliphatic hydroxyl groups is 1. The highest BCUT2D eigenvalue weighted by atomic mass is 16.3. The summed E-state index contributed by atoms with van der Waals surface area (Å²) < 4.78 is 0. The van der Waals surface area contributed by atoms with Gasteiger partial charge in [0.05, 0.1) is 6.10 Å². The van der Waals surface area contributed by atoms with Crippen molar-refractivity contribution in [3.63, 3.8) is 0 Å². The van der Waals surface area contributed by atoms with Crippen LogP contribution in [0.2, 0.25) is 0 Å². The maximum Gasteiger partial charge on any atom is 0.224 e. The summed E-state index contributed by atoms with van der Waals surface area (Å²) in [6, 6.07) is 12.2. The molecule has 0 saturated heterocycles. The van der Waals surface area contributed by atoms with Gasteiger partial charge in [0.2, 0.25) is 5.91 Å². The first kappa shape index (κ1) is 21.7. The van der Waals surface area contributed by atoms with E-state index in [1.807, 2.05) is 38.1 Å². The summed E-state index contributed by atoms with van der Waals surface area (Å²) >= 11 is 0. The summed E-state index contributed by atoms with van der Waals surface area (Å²) in [6.07, 6.45) is 2.32. The van der Waals surface area contributed by atoms with Crippen molar-refractivity contribution in [1.82, 2.24) is 5.32 Å². The van der Waals surface area contributed by atoms with Gasteiger partial charge in [0.25, 0.3) is 0 Å². The van der Waals surface area contributed by atoms with Crippen molar-refractivity contribution in [2.75, 3.05) is 11.9 Å². The minimum atomic E-state index is -0.769. The van der Waals surface area contributed by atoms with Crippen LogP contribution in [0.25, 0.3) is 0 Å². The second-order valence-electron chi connectivity index (χ2n) is 7.23. The van der Waals surface area contributed by atoms with E-state index in [4.69, 9.17) is 0 Å². The highest BCUT2D eigenvalue weighted by molar-refractivity contribution is 5.90. The third-order valence-corrected chi connectivity index (χ3v) is 4.67. The molecule has 6 nitrogen and oxygen atoms in total. The van der Waals surface area contributed by atoms with Crippen molar-refractivity contribution in [3.05, 3.63) is 53.6 Å². The third kappa shape index (κ3) is 7.21. The number of anilines is 1. The maximum atomic E-state index is 12.0. The Bertz CT molecular complexity index is 762. The van der Waals surface area contributed by atoms with E-state index >= 15 is 0 Å². The number of benzene rings is 2. The van der Waals surface area contributed by atoms with Gasteiger partial charge >= 0.3 is 0 Å². The van der Waals surface area contributed by atoms with Crippen LogP contribution in [0.4, 0.5) is 5.69 Å². The topological polar surface area (TPSA) is 102 Å². The van der Waals surface area contributed by atoms with Gasteiger partial charge in [-0.3, -0.25) is 4.79 Å². The molecule has 2 unspecified atom stereocenters. The molecule has 28 heavy (non-hydrogen) atoms. The van der Waals surface area contributed by atoms with Gasteiger partial charge in [-0.05, 0) is 56.5 Å². The van der Waals surface area contributed by atoms with E-state index in [-0.39, 0.29) is 23.4 Å². The van der Waals surface area contributed by atoms with Crippen LogP contribution in [0.1, 0.15) is 49.8 Å². The molecular formula is C22H30N2O4. The molecule has 6 heteroatoms. The molecule has 2 rings (SSSR count). The SMILES string of the molecule is Cc1ccc(NC(=O)CCCCC(C)NCC(O)c2ccc(O)c(O)c2)cc1. The zero-order valence-corrected chi connectivity index (χ0v) is 16.5. The van der Waals surface area contributed by atoms with Crippen LogP contribution in [-0.4, -0.2) is 33.8 Å². The van der Waals surface area contributed by atoms with E-state index in [1.54, 1.807) is 6.07 Å². The molecule has 2 aromatic rings. The van der Waals surface area contributed by atoms with Gasteiger partial charge in [0.15, 0.2) is 11.5 Å². The van der Waals surface area contributed by atoms with Crippen molar-refractivity contribution < 1.29 is 20.1 Å². The number of nitrogens with one attached hydrogen (secondary N) is 2. The van der Waals surface area contributed by atoms with E-state index in [0.717, 1.165) is 30.5 Å². The molecule has 2 atom stereocenters. The van der Waals surface area contributed by atoms with E-state index in [9.17, 15) is 20.1 Å². The number of hydrogen-bond donors (Lipinski definition) is 5. The maximum absolute atomic E-state index is 12.0. The van der Waals surface area contributed by atoms with Crippen LogP contribution < -0.4 is 10.6 Å². The van der Waals surface area contributed by atoms with Gasteiger partial charge in [0.1, 0.15) is 0 Å². The van der Waals surface area contributed by atoms with E-state index in [0.29, 0.717) is 18.5 Å². The fraction of sp³-hybridized carbons (Fsp3) is 0.409. The lowest BCUT2D eigenvalue weighted by atomic mass is 10.1. The monoisotopic (exact) mass is 386 g/mol. The average Bonchev–Trinajstić information content (AvgIpc) is 2.67. The molecule has 0 spiro atoms. The molecule has 0 heterocycles. The number of phenolic OH excluding ortho intramolecular Hbond substituents is 2. The number of aliphatic hydroxyl groups excluding tert-OH is 1. The third-order valence-electron chi connectivity index (χ3n) is 4.67. The largest absolute Gasteiger partial charge is 0.504 e. The molecule has 0 aromatic heterocycles. The van der Waals surface area contributed by atoms with E-state index in [1.165, 1.54) is 12.1 Å². The zero-order chi connectivity index (χ0) is 20.5. The molecule has 0 fully saturated rings. The number of amides is 1. The quantitative estimate of drug-likeness (QED) is 0.317. The first-order chi connectivity index (χ1) is 13.3. The summed E-state index contributed by atoms with van der Waals surface area (Å²) in [5.41, 5.74) is 2.52. The molecule has 1 amide bonds. The predicted molar refractivity (Wildman–Crippen MR) is 110 cm³/mol. The van der Waals surface area contributed by atoms with Gasteiger partial charge in [-0.2, -0.15) is 0 Å². The first-order valence-electron chi connectivity index (χ1n) is 9.65. The standard InChI is InChI=1S/C22H30N2O4/c1-15-7-10-18(11-8-15)24-22(28)6-4-3-5-16(2)23-14-21(27)17-9-12-19(25)20(26)13-17/h7-13,16,21,23,25-27H,3-6,14H2,1-2H3,(H,24,28). The number of hydrogen-bond acceptors (Lipinski definition) is 5. The van der Waals surface area contributed by atoms with Crippen LogP contribution >= 0.6 is 0 Å². The van der Waals surface area contributed by atoms with Crippen LogP contribution in [0.5, 0.6) is 11.5 Å². The van der Waals surface area contributed by atoms with Crippen LogP contribution in [0, 0.1) is 6.92 Å². The molecule has 0 aliphatic rings. The number of carbonyl (C=O) groups is 1. The van der Waals surface area contributed by atoms with Crippen LogP contribution in [-0.2, 0) is 4.79 Å². The normalized spacial score (nSPS) is 13.1. The van der Waals surface area contributed by atoms with Crippen molar-refractivity contribution in [3.8, 4) is 11.5 Å². The van der Waals surface area contributed by atoms with Crippen molar-refractivity contribution in [2.45, 2.75) is 51.7 Å². The second-order valence-corrected chi connectivity index (χ2v) is 7.23. The molecule has 0 aliphatic heterocycles. The summed E-state index contributed by atoms with van der Waals surface area (Å²) in [4.78, 5) is 12.0. The zero-order valence-electron chi connectivity index (χ0n) is 16.5. The molecule has 0 saturated carbocycles. The summed E-state index contributed by atoms with van der Waals surface area (Å²) in [6.45, 7) is 4.39. The van der Waals surface area contributed by atoms with E-state index < -0.39 is 6.10 Å². The molecule has 2 aromatic carbocycles. The number of rotatable bonds is 10. The summed E-state index contributed by atoms with van der Waals surface area (Å²) in [7, 11) is 0. The lowest BCUT2D eigenvalue weighted by molar-refractivity contribution is -0.116. The highest BCUT2D eigenvalue weighted by Crippen LogP contribution is 2.27. The average molecular weight is 386 g/mol. The fourth-order valence-corrected chi connectivity index (χ4v) is 2.88. The Morgan fingerprint density at radius 2 is 1.75 bits per heavy atom. The number of carbonyl (C=O) groups excluding carboxylic acids is 1. The Balaban J connectivity index is 1.61. The Morgan fingerprint density at radius 3 is 2.43 bits per heavy atom. The Morgan fingerprint density at radius 1 is 1.04 bits per heavy atom. The van der Waals surface area contributed by atoms with Crippen LogP contribution in [0.3, 0.4) is 0 Å². The van der Waals surface area contributed by atoms with E-state index in [2.05, 4.69) is 10.6 Å². The van der Waals surface area contributed by atoms with Gasteiger partial charge in [-0.15, -0.1) is 0 Å². The van der Waals surface area contributed by atoms with Crippen molar-refractivity contribution in [2.24, 2.45) is 0 Å². The molecule has 0 bridgehead atoms. The Hall–Kier alpha value is -2.57. The number of phenols is 2. The molecule has 5 N–H and O–H groups in total. The number of aromatic hydroxyl groups is 2. The van der Waals surface area contributed by atoms with Crippen molar-refractivity contribution in [1.29, 1.82) is 0 Å². The molecule has 152 valence electrons. The smallest absolute Gasteiger partial charge is 0.224 e. The Labute approximate surface area is 166 Å². The Kier molecular flexibility index (Phi) is 8.29. The van der Waals surface area contributed by atoms with Crippen molar-refractivity contribution >= 4 is 11.6 Å². The molecular weight excluding hydrogens is 356 g/mol.